The lowest BCUT2D eigenvalue weighted by Crippen LogP contribution is -2.12. The number of rotatable bonds is 7. The number of benzene rings is 1. The molecule has 0 amide bonds. The van der Waals surface area contributed by atoms with Crippen molar-refractivity contribution in [2.45, 2.75) is 25.2 Å². The van der Waals surface area contributed by atoms with Gasteiger partial charge in [-0.25, -0.2) is 0 Å². The molecule has 2 nitrogen and oxygen atoms in total. The second kappa shape index (κ2) is 7.82. The van der Waals surface area contributed by atoms with Gasteiger partial charge in [0.15, 0.2) is 0 Å². The molecular formula is C13H20BrNO. The Morgan fingerprint density at radius 1 is 1.38 bits per heavy atom. The number of unbranched alkanes of at least 4 members (excludes halogenated alkanes) is 1. The molecule has 1 aromatic carbocycles. The number of methoxy groups -OCH3 is 1. The van der Waals surface area contributed by atoms with Crippen LogP contribution in [0.4, 0.5) is 0 Å². The third-order valence-corrected chi connectivity index (χ3v) is 3.25. The summed E-state index contributed by atoms with van der Waals surface area (Å²) in [6, 6.07) is 8.42. The molecule has 0 fully saturated rings. The van der Waals surface area contributed by atoms with Crippen LogP contribution in [0.25, 0.3) is 0 Å². The topological polar surface area (TPSA) is 35.2 Å². The first-order valence-electron chi connectivity index (χ1n) is 5.72. The first kappa shape index (κ1) is 13.7. The van der Waals surface area contributed by atoms with E-state index in [1.807, 2.05) is 6.07 Å². The molecule has 1 aromatic rings. The van der Waals surface area contributed by atoms with Crippen LogP contribution in [0.2, 0.25) is 0 Å². The number of hydrogen-bond donors (Lipinski definition) is 1. The third kappa shape index (κ3) is 4.64. The van der Waals surface area contributed by atoms with E-state index in [0.717, 1.165) is 23.9 Å². The zero-order chi connectivity index (χ0) is 11.8. The smallest absolute Gasteiger partial charge is 0.0462 e. The Balaban J connectivity index is 2.47. The van der Waals surface area contributed by atoms with Crippen LogP contribution in [0.1, 0.15) is 30.7 Å². The number of ether oxygens (including phenoxy) is 1. The maximum Gasteiger partial charge on any atom is 0.0462 e. The van der Waals surface area contributed by atoms with Crippen LogP contribution < -0.4 is 5.73 Å². The quantitative estimate of drug-likeness (QED) is 0.780. The molecule has 16 heavy (non-hydrogen) atoms. The van der Waals surface area contributed by atoms with Crippen molar-refractivity contribution in [1.29, 1.82) is 0 Å². The lowest BCUT2D eigenvalue weighted by Gasteiger charge is -2.15. The van der Waals surface area contributed by atoms with Crippen molar-refractivity contribution in [3.63, 3.8) is 0 Å². The molecule has 90 valence electrons. The molecular weight excluding hydrogens is 266 g/mol. The molecule has 0 bridgehead atoms. The van der Waals surface area contributed by atoms with E-state index in [9.17, 15) is 0 Å². The van der Waals surface area contributed by atoms with Gasteiger partial charge in [-0.05, 0) is 43.0 Å². The van der Waals surface area contributed by atoms with Crippen LogP contribution >= 0.6 is 15.9 Å². The van der Waals surface area contributed by atoms with Crippen LogP contribution in [0.3, 0.4) is 0 Å². The summed E-state index contributed by atoms with van der Waals surface area (Å²) in [7, 11) is 1.74. The molecule has 1 atom stereocenters. The molecule has 0 spiro atoms. The predicted molar refractivity (Wildman–Crippen MR) is 71.7 cm³/mol. The zero-order valence-corrected chi connectivity index (χ0v) is 11.4. The summed E-state index contributed by atoms with van der Waals surface area (Å²) >= 11 is 3.49. The molecule has 0 radical (unpaired) electrons. The van der Waals surface area contributed by atoms with E-state index < -0.39 is 0 Å². The van der Waals surface area contributed by atoms with Crippen LogP contribution in [0, 0.1) is 0 Å². The maximum atomic E-state index is 5.82. The molecule has 1 unspecified atom stereocenters. The van der Waals surface area contributed by atoms with Gasteiger partial charge in [0.05, 0.1) is 0 Å². The number of hydrogen-bond acceptors (Lipinski definition) is 2. The van der Waals surface area contributed by atoms with Crippen molar-refractivity contribution < 1.29 is 4.74 Å². The van der Waals surface area contributed by atoms with Gasteiger partial charge in [0.2, 0.25) is 0 Å². The fraction of sp³-hybridized carbons (Fsp3) is 0.538. The van der Waals surface area contributed by atoms with E-state index in [4.69, 9.17) is 10.5 Å². The number of nitrogens with two attached hydrogens (primary N) is 1. The van der Waals surface area contributed by atoms with Crippen molar-refractivity contribution in [1.82, 2.24) is 0 Å². The van der Waals surface area contributed by atoms with Crippen molar-refractivity contribution in [3.05, 3.63) is 34.3 Å². The molecule has 0 aliphatic heterocycles. The predicted octanol–water partition coefficient (Wildman–Crippen LogP) is 3.31. The van der Waals surface area contributed by atoms with Gasteiger partial charge < -0.3 is 10.5 Å². The van der Waals surface area contributed by atoms with Gasteiger partial charge in [-0.3, -0.25) is 0 Å². The zero-order valence-electron chi connectivity index (χ0n) is 9.79. The van der Waals surface area contributed by atoms with E-state index in [2.05, 4.69) is 34.1 Å². The molecule has 0 aromatic heterocycles. The highest BCUT2D eigenvalue weighted by atomic mass is 79.9. The highest BCUT2D eigenvalue weighted by Gasteiger charge is 2.09. The highest BCUT2D eigenvalue weighted by Crippen LogP contribution is 2.23. The van der Waals surface area contributed by atoms with Crippen LogP contribution in [0.15, 0.2) is 28.7 Å². The average molecular weight is 286 g/mol. The lowest BCUT2D eigenvalue weighted by atomic mass is 9.94. The van der Waals surface area contributed by atoms with Crippen molar-refractivity contribution in [2.24, 2.45) is 5.73 Å². The van der Waals surface area contributed by atoms with Crippen LogP contribution in [-0.4, -0.2) is 20.3 Å². The van der Waals surface area contributed by atoms with Gasteiger partial charge in [-0.1, -0.05) is 34.5 Å². The van der Waals surface area contributed by atoms with Gasteiger partial charge in [0.1, 0.15) is 0 Å². The Kier molecular flexibility index (Phi) is 6.69. The Hall–Kier alpha value is -0.380. The van der Waals surface area contributed by atoms with E-state index in [1.54, 1.807) is 7.11 Å². The Labute approximate surface area is 106 Å². The lowest BCUT2D eigenvalue weighted by molar-refractivity contribution is 0.191. The monoisotopic (exact) mass is 285 g/mol. The SMILES string of the molecule is COCCCCC(CN)c1cccc(Br)c1. The minimum absolute atomic E-state index is 0.467. The molecule has 2 N–H and O–H groups in total. The van der Waals surface area contributed by atoms with Crippen molar-refractivity contribution >= 4 is 15.9 Å². The summed E-state index contributed by atoms with van der Waals surface area (Å²) in [4.78, 5) is 0. The van der Waals surface area contributed by atoms with Gasteiger partial charge in [-0.2, -0.15) is 0 Å². The summed E-state index contributed by atoms with van der Waals surface area (Å²) in [6.45, 7) is 1.55. The van der Waals surface area contributed by atoms with Gasteiger partial charge >= 0.3 is 0 Å². The second-order valence-electron chi connectivity index (χ2n) is 3.98. The third-order valence-electron chi connectivity index (χ3n) is 2.76. The van der Waals surface area contributed by atoms with Gasteiger partial charge in [-0.15, -0.1) is 0 Å². The van der Waals surface area contributed by atoms with E-state index in [0.29, 0.717) is 12.5 Å². The highest BCUT2D eigenvalue weighted by molar-refractivity contribution is 9.10. The Morgan fingerprint density at radius 2 is 2.19 bits per heavy atom. The molecule has 0 aliphatic rings. The summed E-state index contributed by atoms with van der Waals surface area (Å²) in [5.74, 6) is 0.467. The molecule has 0 saturated heterocycles. The minimum atomic E-state index is 0.467. The first-order chi connectivity index (χ1) is 7.77. The Morgan fingerprint density at radius 3 is 2.81 bits per heavy atom. The van der Waals surface area contributed by atoms with E-state index in [-0.39, 0.29) is 0 Å². The normalized spacial score (nSPS) is 12.7. The first-order valence-corrected chi connectivity index (χ1v) is 6.51. The Bertz CT molecular complexity index is 304. The average Bonchev–Trinajstić information content (AvgIpc) is 2.29. The fourth-order valence-corrected chi connectivity index (χ4v) is 2.24. The van der Waals surface area contributed by atoms with Crippen molar-refractivity contribution in [2.75, 3.05) is 20.3 Å². The standard InChI is InChI=1S/C13H20BrNO/c1-16-8-3-2-5-12(10-15)11-6-4-7-13(14)9-11/h4,6-7,9,12H,2-3,5,8,10,15H2,1H3. The molecule has 0 saturated carbocycles. The fourth-order valence-electron chi connectivity index (χ4n) is 1.82. The molecule has 0 heterocycles. The molecule has 1 rings (SSSR count). The van der Waals surface area contributed by atoms with Crippen LogP contribution in [0.5, 0.6) is 0 Å². The summed E-state index contributed by atoms with van der Waals surface area (Å²) in [5, 5.41) is 0. The summed E-state index contributed by atoms with van der Waals surface area (Å²) < 4.78 is 6.17. The summed E-state index contributed by atoms with van der Waals surface area (Å²) in [5.41, 5.74) is 7.15. The number of halogens is 1. The molecule has 3 heteroatoms. The van der Waals surface area contributed by atoms with E-state index in [1.165, 1.54) is 12.0 Å². The van der Waals surface area contributed by atoms with Crippen molar-refractivity contribution in [3.8, 4) is 0 Å². The van der Waals surface area contributed by atoms with Gasteiger partial charge in [0, 0.05) is 18.2 Å². The maximum absolute atomic E-state index is 5.82. The second-order valence-corrected chi connectivity index (χ2v) is 4.89. The summed E-state index contributed by atoms with van der Waals surface area (Å²) in [6.07, 6.45) is 3.42. The van der Waals surface area contributed by atoms with Crippen LogP contribution in [-0.2, 0) is 4.74 Å². The van der Waals surface area contributed by atoms with Gasteiger partial charge in [0.25, 0.3) is 0 Å². The largest absolute Gasteiger partial charge is 0.385 e. The van der Waals surface area contributed by atoms with E-state index >= 15 is 0 Å². The molecule has 0 aliphatic carbocycles. The minimum Gasteiger partial charge on any atom is -0.385 e.